The number of morpholine rings is 1. The van der Waals surface area contributed by atoms with E-state index in [0.29, 0.717) is 12.0 Å². The van der Waals surface area contributed by atoms with Crippen LogP contribution in [0.5, 0.6) is 5.88 Å². The molecule has 0 aromatic carbocycles. The van der Waals surface area contributed by atoms with Crippen LogP contribution in [-0.2, 0) is 19.1 Å². The monoisotopic (exact) mass is 576 g/mol. The second-order valence-electron chi connectivity index (χ2n) is 8.92. The second-order valence-corrected chi connectivity index (χ2v) is 8.92. The predicted octanol–water partition coefficient (Wildman–Crippen LogP) is 2.60. The predicted molar refractivity (Wildman–Crippen MR) is 122 cm³/mol. The highest BCUT2D eigenvalue weighted by atomic mass is 19.4. The van der Waals surface area contributed by atoms with Crippen molar-refractivity contribution in [1.82, 2.24) is 14.9 Å². The highest BCUT2D eigenvalue weighted by molar-refractivity contribution is 5.73. The molecule has 2 N–H and O–H groups in total. The molecule has 0 aliphatic carbocycles. The fourth-order valence-corrected chi connectivity index (χ4v) is 4.28. The Bertz CT molecular complexity index is 922. The zero-order valence-corrected chi connectivity index (χ0v) is 21.0. The molecule has 1 spiro atoms. The first-order valence-corrected chi connectivity index (χ1v) is 11.8. The van der Waals surface area contributed by atoms with Crippen molar-refractivity contribution >= 4 is 17.8 Å². The van der Waals surface area contributed by atoms with Gasteiger partial charge >= 0.3 is 24.3 Å². The van der Waals surface area contributed by atoms with Crippen molar-refractivity contribution in [3.05, 3.63) is 12.4 Å². The van der Waals surface area contributed by atoms with Crippen LogP contribution in [0.3, 0.4) is 0 Å². The molecule has 3 saturated heterocycles. The van der Waals surface area contributed by atoms with E-state index in [4.69, 9.17) is 34.0 Å². The van der Waals surface area contributed by atoms with Crippen molar-refractivity contribution < 1.29 is 60.4 Å². The normalized spacial score (nSPS) is 23.8. The summed E-state index contributed by atoms with van der Waals surface area (Å²) in [6.07, 6.45) is -3.63. The molecule has 11 nitrogen and oxygen atoms in total. The minimum Gasteiger partial charge on any atom is -0.481 e. The fourth-order valence-electron chi connectivity index (χ4n) is 4.28. The number of aromatic nitrogens is 2. The van der Waals surface area contributed by atoms with Crippen molar-refractivity contribution in [2.75, 3.05) is 57.9 Å². The number of ether oxygens (including phenoxy) is 3. The average Bonchev–Trinajstić information content (AvgIpc) is 3.27. The van der Waals surface area contributed by atoms with Crippen LogP contribution in [0.2, 0.25) is 0 Å². The van der Waals surface area contributed by atoms with Crippen LogP contribution >= 0.6 is 0 Å². The van der Waals surface area contributed by atoms with Crippen molar-refractivity contribution in [1.29, 1.82) is 0 Å². The van der Waals surface area contributed by atoms with Gasteiger partial charge in [-0.2, -0.15) is 26.3 Å². The summed E-state index contributed by atoms with van der Waals surface area (Å²) in [7, 11) is 1.64. The highest BCUT2D eigenvalue weighted by Crippen LogP contribution is 2.38. The van der Waals surface area contributed by atoms with Gasteiger partial charge in [0.15, 0.2) is 0 Å². The van der Waals surface area contributed by atoms with Gasteiger partial charge in [-0.15, -0.1) is 0 Å². The standard InChI is InChI=1S/C18H28N4O3.2C2HF3O2/c1-23-17-11-16(19-14-20-17)22-6-5-18(13-22)4-2-3-15(25-18)12-21-7-9-24-10-8-21;2*3-2(4,5)1(6)7/h11,14-15H,2-10,12-13H2,1H3;2*(H,6,7)/t15-,18-;;/m1../s1. The summed E-state index contributed by atoms with van der Waals surface area (Å²) in [5.74, 6) is -3.97. The number of nitrogens with zero attached hydrogens (tertiary/aromatic N) is 4. The molecule has 0 amide bonds. The first-order chi connectivity index (χ1) is 18.1. The molecule has 1 aromatic rings. The third-order valence-electron chi connectivity index (χ3n) is 6.10. The van der Waals surface area contributed by atoms with Gasteiger partial charge in [0.05, 0.1) is 32.0 Å². The Balaban J connectivity index is 0.000000317. The molecule has 0 saturated carbocycles. The number of methoxy groups -OCH3 is 1. The van der Waals surface area contributed by atoms with Gasteiger partial charge in [0.25, 0.3) is 0 Å². The molecule has 2 atom stereocenters. The number of hydrogen-bond acceptors (Lipinski definition) is 9. The maximum absolute atomic E-state index is 10.6. The third-order valence-corrected chi connectivity index (χ3v) is 6.10. The Kier molecular flexibility index (Phi) is 11.5. The van der Waals surface area contributed by atoms with Gasteiger partial charge in [0, 0.05) is 38.8 Å². The van der Waals surface area contributed by atoms with Crippen LogP contribution in [0.15, 0.2) is 12.4 Å². The van der Waals surface area contributed by atoms with E-state index in [-0.39, 0.29) is 5.60 Å². The van der Waals surface area contributed by atoms with E-state index < -0.39 is 24.3 Å². The third kappa shape index (κ3) is 10.6. The number of aliphatic carboxylic acids is 2. The van der Waals surface area contributed by atoms with Gasteiger partial charge in [-0.1, -0.05) is 0 Å². The molecule has 17 heteroatoms. The highest BCUT2D eigenvalue weighted by Gasteiger charge is 2.44. The summed E-state index contributed by atoms with van der Waals surface area (Å²) < 4.78 is 80.8. The summed E-state index contributed by atoms with van der Waals surface area (Å²) in [5.41, 5.74) is -0.0204. The van der Waals surface area contributed by atoms with Crippen molar-refractivity contribution in [3.63, 3.8) is 0 Å². The smallest absolute Gasteiger partial charge is 0.481 e. The molecule has 39 heavy (non-hydrogen) atoms. The SMILES string of the molecule is COc1cc(N2CC[C@]3(CCC[C@H](CN4CCOCC4)O3)C2)ncn1.O=C(O)C(F)(F)F.O=C(O)C(F)(F)F. The van der Waals surface area contributed by atoms with Crippen LogP contribution in [-0.4, -0.2) is 114 Å². The van der Waals surface area contributed by atoms with E-state index in [9.17, 15) is 26.3 Å². The molecule has 0 unspecified atom stereocenters. The Morgan fingerprint density at radius 2 is 1.64 bits per heavy atom. The Labute approximate surface area is 219 Å². The van der Waals surface area contributed by atoms with Crippen molar-refractivity contribution in [2.45, 2.75) is 49.7 Å². The Morgan fingerprint density at radius 3 is 2.18 bits per heavy atom. The maximum Gasteiger partial charge on any atom is 0.490 e. The Morgan fingerprint density at radius 1 is 1.05 bits per heavy atom. The van der Waals surface area contributed by atoms with Crippen molar-refractivity contribution in [3.8, 4) is 5.88 Å². The lowest BCUT2D eigenvalue weighted by atomic mass is 9.90. The number of anilines is 1. The lowest BCUT2D eigenvalue weighted by molar-refractivity contribution is -0.193. The van der Waals surface area contributed by atoms with E-state index >= 15 is 0 Å². The minimum absolute atomic E-state index is 0.0204. The molecular formula is C22H30F6N4O7. The molecule has 4 rings (SSSR count). The molecule has 4 heterocycles. The minimum atomic E-state index is -5.08. The number of hydrogen-bond donors (Lipinski definition) is 2. The van der Waals surface area contributed by atoms with E-state index in [2.05, 4.69) is 19.8 Å². The molecule has 0 radical (unpaired) electrons. The van der Waals surface area contributed by atoms with Gasteiger partial charge in [-0.25, -0.2) is 19.6 Å². The van der Waals surface area contributed by atoms with Crippen LogP contribution in [0.25, 0.3) is 0 Å². The molecule has 3 fully saturated rings. The zero-order valence-electron chi connectivity index (χ0n) is 21.0. The van der Waals surface area contributed by atoms with E-state index in [1.807, 2.05) is 6.07 Å². The summed E-state index contributed by atoms with van der Waals surface area (Å²) in [4.78, 5) is 31.1. The number of carboxylic acids is 2. The Hall–Kier alpha value is -2.92. The van der Waals surface area contributed by atoms with Crippen LogP contribution in [0, 0.1) is 0 Å². The lowest BCUT2D eigenvalue weighted by Crippen LogP contribution is -2.48. The number of carbonyl (C=O) groups is 2. The molecule has 0 bridgehead atoms. The van der Waals surface area contributed by atoms with Crippen LogP contribution in [0.1, 0.15) is 25.7 Å². The first kappa shape index (κ1) is 32.3. The summed E-state index contributed by atoms with van der Waals surface area (Å²) in [6.45, 7) is 6.67. The second kappa shape index (κ2) is 13.9. The number of rotatable bonds is 4. The largest absolute Gasteiger partial charge is 0.490 e. The summed E-state index contributed by atoms with van der Waals surface area (Å²) >= 11 is 0. The van der Waals surface area contributed by atoms with Crippen LogP contribution in [0.4, 0.5) is 32.2 Å². The van der Waals surface area contributed by atoms with E-state index in [1.165, 1.54) is 12.8 Å². The van der Waals surface area contributed by atoms with Gasteiger partial charge in [0.1, 0.15) is 12.1 Å². The molecule has 222 valence electrons. The van der Waals surface area contributed by atoms with E-state index in [0.717, 1.165) is 64.6 Å². The quantitative estimate of drug-likeness (QED) is 0.513. The summed E-state index contributed by atoms with van der Waals surface area (Å²) in [6, 6.07) is 1.91. The van der Waals surface area contributed by atoms with Gasteiger partial charge in [-0.3, -0.25) is 4.90 Å². The molecule has 1 aromatic heterocycles. The van der Waals surface area contributed by atoms with Gasteiger partial charge in [0.2, 0.25) is 5.88 Å². The van der Waals surface area contributed by atoms with Crippen molar-refractivity contribution in [2.24, 2.45) is 0 Å². The molecule has 3 aliphatic heterocycles. The molecular weight excluding hydrogens is 546 g/mol. The lowest BCUT2D eigenvalue weighted by Gasteiger charge is -2.41. The summed E-state index contributed by atoms with van der Waals surface area (Å²) in [5, 5.41) is 14.2. The van der Waals surface area contributed by atoms with E-state index in [1.54, 1.807) is 13.4 Å². The van der Waals surface area contributed by atoms with Gasteiger partial charge in [-0.05, 0) is 25.7 Å². The fraction of sp³-hybridized carbons (Fsp3) is 0.727. The molecule has 3 aliphatic rings. The number of carboxylic acid groups (broad SMARTS) is 2. The topological polar surface area (TPSA) is 135 Å². The number of alkyl halides is 6. The zero-order chi connectivity index (χ0) is 29.3. The number of halogens is 6. The van der Waals surface area contributed by atoms with Crippen LogP contribution < -0.4 is 9.64 Å². The maximum atomic E-state index is 10.6. The average molecular weight is 576 g/mol. The van der Waals surface area contributed by atoms with Gasteiger partial charge < -0.3 is 29.3 Å². The first-order valence-electron chi connectivity index (χ1n) is 11.8.